The third-order valence-corrected chi connectivity index (χ3v) is 7.46. The van der Waals surface area contributed by atoms with Crippen LogP contribution in [0.4, 0.5) is 10.1 Å². The van der Waals surface area contributed by atoms with Crippen LogP contribution in [0.5, 0.6) is 0 Å². The highest BCUT2D eigenvalue weighted by Crippen LogP contribution is 2.25. The molecule has 0 bridgehead atoms. The normalized spacial score (nSPS) is 15.9. The van der Waals surface area contributed by atoms with Gasteiger partial charge in [-0.15, -0.1) is 0 Å². The minimum Gasteiger partial charge on any atom is -0.368 e. The lowest BCUT2D eigenvalue weighted by Gasteiger charge is -2.24. The number of pyridine rings is 1. The number of halogens is 1. The van der Waals surface area contributed by atoms with Crippen molar-refractivity contribution in [1.29, 1.82) is 0 Å². The summed E-state index contributed by atoms with van der Waals surface area (Å²) in [6, 6.07) is 9.28. The summed E-state index contributed by atoms with van der Waals surface area (Å²) in [4.78, 5) is 20.6. The van der Waals surface area contributed by atoms with Crippen LogP contribution in [0.15, 0.2) is 47.6 Å². The van der Waals surface area contributed by atoms with Gasteiger partial charge in [-0.05, 0) is 51.5 Å². The number of hydrogen-bond donors (Lipinski definition) is 0. The van der Waals surface area contributed by atoms with Crippen molar-refractivity contribution in [2.45, 2.75) is 37.0 Å². The maximum absolute atomic E-state index is 13.9. The minimum atomic E-state index is -3.50. The van der Waals surface area contributed by atoms with Crippen LogP contribution in [0.1, 0.15) is 37.6 Å². The van der Waals surface area contributed by atoms with Crippen molar-refractivity contribution in [3.63, 3.8) is 0 Å². The van der Waals surface area contributed by atoms with E-state index in [-0.39, 0.29) is 16.5 Å². The van der Waals surface area contributed by atoms with Gasteiger partial charge in [0.15, 0.2) is 14.9 Å². The first-order chi connectivity index (χ1) is 13.6. The molecule has 2 aromatic rings. The molecular formula is C21H26FN3O3S. The van der Waals surface area contributed by atoms with Gasteiger partial charge in [-0.1, -0.05) is 12.1 Å². The van der Waals surface area contributed by atoms with E-state index in [1.807, 2.05) is 0 Å². The molecule has 3 rings (SSSR count). The Morgan fingerprint density at radius 3 is 2.38 bits per heavy atom. The van der Waals surface area contributed by atoms with E-state index in [0.29, 0.717) is 26.2 Å². The van der Waals surface area contributed by atoms with E-state index >= 15 is 0 Å². The molecule has 1 aliphatic heterocycles. The SMILES string of the molecule is CC(C)(C)S(=O)(=O)c1ccc(N2CCCN(C(=O)c3ccccc3F)CC2)cn1. The molecule has 8 heteroatoms. The van der Waals surface area contributed by atoms with Crippen LogP contribution in [0, 0.1) is 5.82 Å². The Bertz CT molecular complexity index is 985. The summed E-state index contributed by atoms with van der Waals surface area (Å²) in [5.41, 5.74) is 0.886. The van der Waals surface area contributed by atoms with Crippen LogP contribution in [-0.4, -0.2) is 55.1 Å². The lowest BCUT2D eigenvalue weighted by molar-refractivity contribution is 0.0762. The van der Waals surface area contributed by atoms with Gasteiger partial charge in [0.05, 0.1) is 22.2 Å². The molecule has 0 N–H and O–H groups in total. The van der Waals surface area contributed by atoms with Gasteiger partial charge in [0.25, 0.3) is 5.91 Å². The number of hydrogen-bond acceptors (Lipinski definition) is 5. The van der Waals surface area contributed by atoms with Gasteiger partial charge in [0.1, 0.15) is 5.82 Å². The number of sulfone groups is 1. The molecule has 6 nitrogen and oxygen atoms in total. The Balaban J connectivity index is 1.71. The second kappa shape index (κ2) is 8.10. The number of carbonyl (C=O) groups excluding carboxylic acids is 1. The number of nitrogens with zero attached hydrogens (tertiary/aromatic N) is 3. The smallest absolute Gasteiger partial charge is 0.256 e. The predicted molar refractivity (Wildman–Crippen MR) is 110 cm³/mol. The van der Waals surface area contributed by atoms with Gasteiger partial charge in [-0.2, -0.15) is 0 Å². The van der Waals surface area contributed by atoms with Crippen molar-refractivity contribution in [2.75, 3.05) is 31.1 Å². The van der Waals surface area contributed by atoms with Crippen molar-refractivity contribution in [3.05, 3.63) is 54.0 Å². The number of carbonyl (C=O) groups is 1. The summed E-state index contributed by atoms with van der Waals surface area (Å²) in [7, 11) is -3.50. The van der Waals surface area contributed by atoms with Crippen LogP contribution < -0.4 is 4.90 Å². The van der Waals surface area contributed by atoms with Gasteiger partial charge < -0.3 is 9.80 Å². The second-order valence-electron chi connectivity index (χ2n) is 8.08. The zero-order valence-electron chi connectivity index (χ0n) is 16.9. The highest BCUT2D eigenvalue weighted by molar-refractivity contribution is 7.92. The number of aromatic nitrogens is 1. The molecule has 0 saturated carbocycles. The van der Waals surface area contributed by atoms with Crippen molar-refractivity contribution < 1.29 is 17.6 Å². The number of amides is 1. The minimum absolute atomic E-state index is 0.0555. The Kier molecular flexibility index (Phi) is 5.93. The van der Waals surface area contributed by atoms with Gasteiger partial charge in [0, 0.05) is 26.2 Å². The zero-order valence-corrected chi connectivity index (χ0v) is 17.7. The van der Waals surface area contributed by atoms with Gasteiger partial charge in [0.2, 0.25) is 0 Å². The third kappa shape index (κ3) is 4.42. The summed E-state index contributed by atoms with van der Waals surface area (Å²) in [6.45, 7) is 7.19. The first kappa shape index (κ1) is 21.2. The topological polar surface area (TPSA) is 70.6 Å². The van der Waals surface area contributed by atoms with E-state index in [9.17, 15) is 17.6 Å². The monoisotopic (exact) mass is 419 g/mol. The molecule has 1 fully saturated rings. The van der Waals surface area contributed by atoms with Crippen molar-refractivity contribution >= 4 is 21.4 Å². The van der Waals surface area contributed by atoms with Crippen LogP contribution in [0.25, 0.3) is 0 Å². The summed E-state index contributed by atoms with van der Waals surface area (Å²) in [5, 5.41) is 0.0555. The first-order valence-corrected chi connectivity index (χ1v) is 11.1. The van der Waals surface area contributed by atoms with Crippen LogP contribution in [-0.2, 0) is 9.84 Å². The fourth-order valence-electron chi connectivity index (χ4n) is 3.22. The quantitative estimate of drug-likeness (QED) is 0.764. The maximum atomic E-state index is 13.9. The molecular weight excluding hydrogens is 393 g/mol. The van der Waals surface area contributed by atoms with Gasteiger partial charge in [-0.25, -0.2) is 17.8 Å². The molecule has 1 aliphatic rings. The molecule has 0 radical (unpaired) electrons. The lowest BCUT2D eigenvalue weighted by atomic mass is 10.2. The summed E-state index contributed by atoms with van der Waals surface area (Å²) in [5.74, 6) is -0.826. The first-order valence-electron chi connectivity index (χ1n) is 9.61. The fourth-order valence-corrected chi connectivity index (χ4v) is 4.28. The van der Waals surface area contributed by atoms with Gasteiger partial charge >= 0.3 is 0 Å². The van der Waals surface area contributed by atoms with Crippen molar-refractivity contribution in [1.82, 2.24) is 9.88 Å². The zero-order chi connectivity index (χ0) is 21.2. The molecule has 2 heterocycles. The molecule has 0 atom stereocenters. The van der Waals surface area contributed by atoms with E-state index in [1.165, 1.54) is 18.2 Å². The molecule has 1 aromatic carbocycles. The Labute approximate surface area is 171 Å². The molecule has 1 aromatic heterocycles. The molecule has 1 saturated heterocycles. The predicted octanol–water partition coefficient (Wildman–Crippen LogP) is 3.15. The maximum Gasteiger partial charge on any atom is 0.256 e. The number of anilines is 1. The number of benzene rings is 1. The van der Waals surface area contributed by atoms with Gasteiger partial charge in [-0.3, -0.25) is 4.79 Å². The Morgan fingerprint density at radius 2 is 1.76 bits per heavy atom. The van der Waals surface area contributed by atoms with E-state index < -0.39 is 20.4 Å². The molecule has 29 heavy (non-hydrogen) atoms. The molecule has 0 unspecified atom stereocenters. The van der Waals surface area contributed by atoms with Crippen molar-refractivity contribution in [2.24, 2.45) is 0 Å². The van der Waals surface area contributed by atoms with Crippen LogP contribution in [0.3, 0.4) is 0 Å². The molecule has 1 amide bonds. The Morgan fingerprint density at radius 1 is 1.03 bits per heavy atom. The summed E-state index contributed by atoms with van der Waals surface area (Å²) in [6.07, 6.45) is 2.29. The van der Waals surface area contributed by atoms with Crippen LogP contribution >= 0.6 is 0 Å². The van der Waals surface area contributed by atoms with E-state index in [1.54, 1.807) is 50.1 Å². The summed E-state index contributed by atoms with van der Waals surface area (Å²) >= 11 is 0. The third-order valence-electron chi connectivity index (χ3n) is 5.05. The van der Waals surface area contributed by atoms with Crippen molar-refractivity contribution in [3.8, 4) is 0 Å². The molecule has 0 aliphatic carbocycles. The molecule has 156 valence electrons. The average molecular weight is 420 g/mol. The standard InChI is InChI=1S/C21H26FN3O3S/c1-21(2,3)29(27,28)19-10-9-16(15-23-19)24-11-6-12-25(14-13-24)20(26)17-7-4-5-8-18(17)22/h4-5,7-10,15H,6,11-14H2,1-3H3. The largest absolute Gasteiger partial charge is 0.368 e. The van der Waals surface area contributed by atoms with E-state index in [4.69, 9.17) is 0 Å². The Hall–Kier alpha value is -2.48. The lowest BCUT2D eigenvalue weighted by Crippen LogP contribution is -2.35. The van der Waals surface area contributed by atoms with Crippen LogP contribution in [0.2, 0.25) is 0 Å². The highest BCUT2D eigenvalue weighted by atomic mass is 32.2. The second-order valence-corrected chi connectivity index (χ2v) is 10.7. The highest BCUT2D eigenvalue weighted by Gasteiger charge is 2.32. The average Bonchev–Trinajstić information content (AvgIpc) is 2.93. The van der Waals surface area contributed by atoms with E-state index in [2.05, 4.69) is 9.88 Å². The fraction of sp³-hybridized carbons (Fsp3) is 0.429. The molecule has 0 spiro atoms. The summed E-state index contributed by atoms with van der Waals surface area (Å²) < 4.78 is 38.1. The van der Waals surface area contributed by atoms with E-state index in [0.717, 1.165) is 12.1 Å². The number of rotatable bonds is 3.